The summed E-state index contributed by atoms with van der Waals surface area (Å²) in [5.41, 5.74) is 0.463. The molecule has 0 radical (unpaired) electrons. The summed E-state index contributed by atoms with van der Waals surface area (Å²) in [5, 5.41) is 2.64. The first-order valence-corrected chi connectivity index (χ1v) is 8.68. The number of nitrogens with one attached hydrogen (secondary N) is 1. The predicted molar refractivity (Wildman–Crippen MR) is 93.5 cm³/mol. The molecule has 0 atom stereocenters. The van der Waals surface area contributed by atoms with Crippen LogP contribution in [-0.4, -0.2) is 37.9 Å². The first kappa shape index (κ1) is 17.9. The van der Waals surface area contributed by atoms with Gasteiger partial charge in [0, 0.05) is 4.90 Å². The van der Waals surface area contributed by atoms with Crippen LogP contribution in [-0.2, 0) is 9.53 Å². The van der Waals surface area contributed by atoms with Gasteiger partial charge in [-0.05, 0) is 30.5 Å². The van der Waals surface area contributed by atoms with Gasteiger partial charge in [0.15, 0.2) is 6.61 Å². The number of hydrogen-bond acceptors (Lipinski definition) is 5. The molecule has 0 saturated carbocycles. The first-order chi connectivity index (χ1) is 11.7. The third kappa shape index (κ3) is 5.62. The highest BCUT2D eigenvalue weighted by Gasteiger charge is 2.13. The molecule has 6 heteroatoms. The van der Waals surface area contributed by atoms with E-state index in [2.05, 4.69) is 5.32 Å². The van der Waals surface area contributed by atoms with Crippen molar-refractivity contribution in [3.05, 3.63) is 60.2 Å². The Labute approximate surface area is 145 Å². The van der Waals surface area contributed by atoms with Crippen molar-refractivity contribution in [2.45, 2.75) is 4.90 Å². The van der Waals surface area contributed by atoms with Crippen molar-refractivity contribution in [3.8, 4) is 5.75 Å². The molecular weight excluding hydrogens is 326 g/mol. The van der Waals surface area contributed by atoms with Crippen LogP contribution in [0.25, 0.3) is 0 Å². The number of rotatable bonds is 8. The summed E-state index contributed by atoms with van der Waals surface area (Å²) in [4.78, 5) is 24.5. The Kier molecular flexibility index (Phi) is 7.17. The minimum absolute atomic E-state index is 0.313. The van der Waals surface area contributed by atoms with E-state index >= 15 is 0 Å². The molecule has 2 aromatic rings. The molecule has 0 aliphatic rings. The van der Waals surface area contributed by atoms with Crippen LogP contribution in [0.3, 0.4) is 0 Å². The molecule has 2 rings (SSSR count). The summed E-state index contributed by atoms with van der Waals surface area (Å²) in [6.07, 6.45) is 1.88. The van der Waals surface area contributed by atoms with Crippen molar-refractivity contribution < 1.29 is 19.1 Å². The first-order valence-electron chi connectivity index (χ1n) is 7.45. The van der Waals surface area contributed by atoms with Gasteiger partial charge in [-0.1, -0.05) is 30.3 Å². The third-order valence-electron chi connectivity index (χ3n) is 3.10. The SMILES string of the molecule is CSc1ccccc1C(=O)OCC(=O)NCCOc1ccccc1. The molecule has 2 aromatic carbocycles. The largest absolute Gasteiger partial charge is 0.492 e. The van der Waals surface area contributed by atoms with Crippen molar-refractivity contribution in [1.82, 2.24) is 5.32 Å². The molecule has 0 aromatic heterocycles. The Balaban J connectivity index is 1.68. The van der Waals surface area contributed by atoms with E-state index in [4.69, 9.17) is 9.47 Å². The molecule has 0 aliphatic carbocycles. The molecule has 0 spiro atoms. The lowest BCUT2D eigenvalue weighted by atomic mass is 10.2. The molecular formula is C18H19NO4S. The zero-order valence-electron chi connectivity index (χ0n) is 13.4. The van der Waals surface area contributed by atoms with Gasteiger partial charge in [0.05, 0.1) is 12.1 Å². The molecule has 0 bridgehead atoms. The molecule has 0 aliphatic heterocycles. The number of hydrogen-bond donors (Lipinski definition) is 1. The van der Waals surface area contributed by atoms with Crippen molar-refractivity contribution in [2.75, 3.05) is 26.0 Å². The number of amides is 1. The zero-order chi connectivity index (χ0) is 17.2. The maximum atomic E-state index is 12.0. The van der Waals surface area contributed by atoms with Gasteiger partial charge in [-0.3, -0.25) is 4.79 Å². The standard InChI is InChI=1S/C18H19NO4S/c1-24-16-10-6-5-9-15(16)18(21)23-13-17(20)19-11-12-22-14-7-3-2-4-8-14/h2-10H,11-13H2,1H3,(H,19,20). The van der Waals surface area contributed by atoms with Gasteiger partial charge in [-0.25, -0.2) is 4.79 Å². The number of thioether (sulfide) groups is 1. The van der Waals surface area contributed by atoms with E-state index in [9.17, 15) is 9.59 Å². The van der Waals surface area contributed by atoms with E-state index in [0.29, 0.717) is 18.7 Å². The minimum Gasteiger partial charge on any atom is -0.492 e. The van der Waals surface area contributed by atoms with Crippen LogP contribution in [0.4, 0.5) is 0 Å². The summed E-state index contributed by atoms with van der Waals surface area (Å²) in [6.45, 7) is 0.374. The second-order valence-electron chi connectivity index (χ2n) is 4.79. The van der Waals surface area contributed by atoms with Crippen LogP contribution in [0.5, 0.6) is 5.75 Å². The molecule has 0 heterocycles. The Hall–Kier alpha value is -2.47. The Morgan fingerprint density at radius 2 is 1.75 bits per heavy atom. The summed E-state index contributed by atoms with van der Waals surface area (Å²) >= 11 is 1.45. The van der Waals surface area contributed by atoms with E-state index in [0.717, 1.165) is 10.6 Å². The Morgan fingerprint density at radius 3 is 2.50 bits per heavy atom. The molecule has 0 unspecified atom stereocenters. The van der Waals surface area contributed by atoms with Gasteiger partial charge in [0.25, 0.3) is 5.91 Å². The number of para-hydroxylation sites is 1. The monoisotopic (exact) mass is 345 g/mol. The lowest BCUT2D eigenvalue weighted by Gasteiger charge is -2.09. The number of carbonyl (C=O) groups is 2. The molecule has 126 valence electrons. The van der Waals surface area contributed by atoms with Crippen LogP contribution in [0, 0.1) is 0 Å². The van der Waals surface area contributed by atoms with Crippen LogP contribution in [0.15, 0.2) is 59.5 Å². The van der Waals surface area contributed by atoms with Gasteiger partial charge in [0.1, 0.15) is 12.4 Å². The number of carbonyl (C=O) groups excluding carboxylic acids is 2. The van der Waals surface area contributed by atoms with Gasteiger partial charge in [-0.15, -0.1) is 11.8 Å². The van der Waals surface area contributed by atoms with Gasteiger partial charge in [-0.2, -0.15) is 0 Å². The second kappa shape index (κ2) is 9.62. The van der Waals surface area contributed by atoms with Crippen molar-refractivity contribution in [2.24, 2.45) is 0 Å². The topological polar surface area (TPSA) is 64.6 Å². The number of ether oxygens (including phenoxy) is 2. The van der Waals surface area contributed by atoms with Gasteiger partial charge >= 0.3 is 5.97 Å². The van der Waals surface area contributed by atoms with E-state index in [-0.39, 0.29) is 12.5 Å². The Morgan fingerprint density at radius 1 is 1.04 bits per heavy atom. The van der Waals surface area contributed by atoms with Crippen molar-refractivity contribution in [3.63, 3.8) is 0 Å². The quantitative estimate of drug-likeness (QED) is 0.453. The fourth-order valence-corrected chi connectivity index (χ4v) is 2.54. The maximum absolute atomic E-state index is 12.0. The summed E-state index contributed by atoms with van der Waals surface area (Å²) < 4.78 is 10.5. The average Bonchev–Trinajstić information content (AvgIpc) is 2.64. The highest BCUT2D eigenvalue weighted by molar-refractivity contribution is 7.98. The molecule has 0 fully saturated rings. The number of esters is 1. The fraction of sp³-hybridized carbons (Fsp3) is 0.222. The van der Waals surface area contributed by atoms with Crippen LogP contribution in [0.1, 0.15) is 10.4 Å². The highest BCUT2D eigenvalue weighted by atomic mass is 32.2. The summed E-state index contributed by atoms with van der Waals surface area (Å²) in [5.74, 6) is -0.121. The fourth-order valence-electron chi connectivity index (χ4n) is 1.95. The smallest absolute Gasteiger partial charge is 0.339 e. The lowest BCUT2D eigenvalue weighted by Crippen LogP contribution is -2.32. The van der Waals surface area contributed by atoms with Crippen LogP contribution < -0.4 is 10.1 Å². The normalized spacial score (nSPS) is 10.0. The van der Waals surface area contributed by atoms with Crippen LogP contribution in [0.2, 0.25) is 0 Å². The van der Waals surface area contributed by atoms with Crippen molar-refractivity contribution in [1.29, 1.82) is 0 Å². The third-order valence-corrected chi connectivity index (χ3v) is 3.89. The average molecular weight is 345 g/mol. The molecule has 1 amide bonds. The molecule has 5 nitrogen and oxygen atoms in total. The number of benzene rings is 2. The maximum Gasteiger partial charge on any atom is 0.339 e. The van der Waals surface area contributed by atoms with E-state index in [1.807, 2.05) is 48.7 Å². The van der Waals surface area contributed by atoms with E-state index in [1.54, 1.807) is 12.1 Å². The second-order valence-corrected chi connectivity index (χ2v) is 5.64. The minimum atomic E-state index is -0.504. The van der Waals surface area contributed by atoms with Crippen molar-refractivity contribution >= 4 is 23.6 Å². The molecule has 0 saturated heterocycles. The summed E-state index contributed by atoms with van der Waals surface area (Å²) in [7, 11) is 0. The van der Waals surface area contributed by atoms with Gasteiger partial charge < -0.3 is 14.8 Å². The lowest BCUT2D eigenvalue weighted by molar-refractivity contribution is -0.124. The predicted octanol–water partition coefficient (Wildman–Crippen LogP) is 2.76. The highest BCUT2D eigenvalue weighted by Crippen LogP contribution is 2.20. The van der Waals surface area contributed by atoms with Gasteiger partial charge in [0.2, 0.25) is 0 Å². The summed E-state index contributed by atoms with van der Waals surface area (Å²) in [6, 6.07) is 16.5. The van der Waals surface area contributed by atoms with Crippen LogP contribution >= 0.6 is 11.8 Å². The Bertz CT molecular complexity index is 676. The van der Waals surface area contributed by atoms with E-state index < -0.39 is 5.97 Å². The zero-order valence-corrected chi connectivity index (χ0v) is 14.2. The molecule has 1 N–H and O–H groups in total. The molecule has 24 heavy (non-hydrogen) atoms. The van der Waals surface area contributed by atoms with E-state index in [1.165, 1.54) is 11.8 Å².